The number of anilines is 1. The van der Waals surface area contributed by atoms with E-state index >= 15 is 0 Å². The van der Waals surface area contributed by atoms with E-state index < -0.39 is 28.5 Å². The van der Waals surface area contributed by atoms with Gasteiger partial charge in [-0.05, 0) is 55.2 Å². The normalized spacial score (nSPS) is 12.2. The molecule has 3 rings (SSSR count). The first-order valence-electron chi connectivity index (χ1n) is 12.3. The molecule has 37 heavy (non-hydrogen) atoms. The molecule has 0 heterocycles. The summed E-state index contributed by atoms with van der Waals surface area (Å²) in [5.41, 5.74) is 3.20. The van der Waals surface area contributed by atoms with Gasteiger partial charge in [0.05, 0.1) is 10.6 Å². The predicted molar refractivity (Wildman–Crippen MR) is 147 cm³/mol. The highest BCUT2D eigenvalue weighted by atomic mass is 32.2. The summed E-state index contributed by atoms with van der Waals surface area (Å²) in [6.45, 7) is 7.34. The maximum atomic E-state index is 13.8. The van der Waals surface area contributed by atoms with Crippen LogP contribution in [0.5, 0.6) is 0 Å². The molecule has 0 unspecified atom stereocenters. The lowest BCUT2D eigenvalue weighted by Crippen LogP contribution is -2.50. The van der Waals surface area contributed by atoms with Crippen LogP contribution in [0.1, 0.15) is 43.4 Å². The molecule has 0 saturated heterocycles. The van der Waals surface area contributed by atoms with E-state index in [1.165, 1.54) is 11.9 Å². The summed E-state index contributed by atoms with van der Waals surface area (Å²) < 4.78 is 28.8. The molecule has 0 radical (unpaired) electrons. The molecular formula is C29H35N3O4S. The van der Waals surface area contributed by atoms with Gasteiger partial charge in [-0.15, -0.1) is 0 Å². The fourth-order valence-electron chi connectivity index (χ4n) is 3.96. The van der Waals surface area contributed by atoms with Crippen molar-refractivity contribution in [2.24, 2.45) is 0 Å². The number of aryl methyl sites for hydroxylation is 1. The number of hydrogen-bond donors (Lipinski definition) is 1. The van der Waals surface area contributed by atoms with E-state index in [1.807, 2.05) is 49.4 Å². The molecule has 0 spiro atoms. The fraction of sp³-hybridized carbons (Fsp3) is 0.310. The molecule has 0 aromatic heterocycles. The van der Waals surface area contributed by atoms with Crippen LogP contribution in [-0.2, 0) is 26.2 Å². The van der Waals surface area contributed by atoms with Crippen LogP contribution < -0.4 is 9.62 Å². The Hall–Kier alpha value is -3.65. The first-order chi connectivity index (χ1) is 17.5. The quantitative estimate of drug-likeness (QED) is 0.426. The Morgan fingerprint density at radius 3 is 2.00 bits per heavy atom. The lowest BCUT2D eigenvalue weighted by Gasteiger charge is -2.32. The summed E-state index contributed by atoms with van der Waals surface area (Å²) in [7, 11) is -2.56. The van der Waals surface area contributed by atoms with Crippen LogP contribution in [0.4, 0.5) is 5.69 Å². The zero-order valence-corrected chi connectivity index (χ0v) is 22.8. The van der Waals surface area contributed by atoms with Gasteiger partial charge in [0.1, 0.15) is 12.6 Å². The fourth-order valence-corrected chi connectivity index (χ4v) is 5.38. The van der Waals surface area contributed by atoms with Crippen molar-refractivity contribution in [2.75, 3.05) is 17.9 Å². The number of nitrogens with one attached hydrogen (secondary N) is 1. The van der Waals surface area contributed by atoms with Crippen molar-refractivity contribution >= 4 is 27.5 Å². The van der Waals surface area contributed by atoms with Crippen LogP contribution in [0.2, 0.25) is 0 Å². The second-order valence-electron chi connectivity index (χ2n) is 9.37. The van der Waals surface area contributed by atoms with E-state index in [9.17, 15) is 18.0 Å². The minimum atomic E-state index is -4.07. The van der Waals surface area contributed by atoms with Crippen molar-refractivity contribution in [2.45, 2.75) is 51.1 Å². The number of carbonyl (C=O) groups is 2. The number of benzene rings is 3. The van der Waals surface area contributed by atoms with E-state index in [0.29, 0.717) is 5.69 Å². The molecule has 7 nitrogen and oxygen atoms in total. The summed E-state index contributed by atoms with van der Waals surface area (Å²) in [6, 6.07) is 22.2. The van der Waals surface area contributed by atoms with Crippen molar-refractivity contribution in [1.29, 1.82) is 0 Å². The Bertz CT molecular complexity index is 1310. The number of rotatable bonds is 10. The van der Waals surface area contributed by atoms with Crippen molar-refractivity contribution in [1.82, 2.24) is 10.2 Å². The highest BCUT2D eigenvalue weighted by molar-refractivity contribution is 7.92. The molecule has 0 fully saturated rings. The van der Waals surface area contributed by atoms with E-state index in [0.717, 1.165) is 21.0 Å². The van der Waals surface area contributed by atoms with Gasteiger partial charge < -0.3 is 10.2 Å². The molecule has 3 aromatic rings. The highest BCUT2D eigenvalue weighted by Gasteiger charge is 2.32. The monoisotopic (exact) mass is 521 g/mol. The van der Waals surface area contributed by atoms with E-state index in [4.69, 9.17) is 0 Å². The van der Waals surface area contributed by atoms with Crippen molar-refractivity contribution in [3.05, 3.63) is 95.6 Å². The average Bonchev–Trinajstić information content (AvgIpc) is 2.90. The third-order valence-corrected chi connectivity index (χ3v) is 8.13. The Morgan fingerprint density at radius 2 is 1.46 bits per heavy atom. The lowest BCUT2D eigenvalue weighted by molar-refractivity contribution is -0.139. The topological polar surface area (TPSA) is 86.8 Å². The summed E-state index contributed by atoms with van der Waals surface area (Å²) in [6.07, 6.45) is 0. The maximum Gasteiger partial charge on any atom is 0.264 e. The largest absolute Gasteiger partial charge is 0.357 e. The number of carbonyl (C=O) groups excluding carboxylic acids is 2. The average molecular weight is 522 g/mol. The van der Waals surface area contributed by atoms with Gasteiger partial charge in [0, 0.05) is 13.6 Å². The number of amides is 2. The SMILES string of the molecule is CNC(=O)[C@@H](C)N(Cc1ccccc1)C(=O)CN(c1ccc(C(C)C)cc1)S(=O)(=O)c1ccc(C)cc1. The zero-order valence-electron chi connectivity index (χ0n) is 22.0. The van der Waals surface area contributed by atoms with Gasteiger partial charge in [-0.2, -0.15) is 0 Å². The predicted octanol–water partition coefficient (Wildman–Crippen LogP) is 4.48. The van der Waals surface area contributed by atoms with Crippen molar-refractivity contribution in [3.8, 4) is 0 Å². The molecule has 1 N–H and O–H groups in total. The number of hydrogen-bond acceptors (Lipinski definition) is 4. The summed E-state index contributed by atoms with van der Waals surface area (Å²) in [5, 5.41) is 2.58. The van der Waals surface area contributed by atoms with Gasteiger partial charge in [0.2, 0.25) is 11.8 Å². The zero-order chi connectivity index (χ0) is 27.2. The standard InChI is InChI=1S/C29H35N3O4S/c1-21(2)25-13-15-26(16-14-25)32(37(35,36)27-17-11-22(3)12-18-27)20-28(33)31(23(4)29(34)30-5)19-24-9-7-6-8-10-24/h6-18,21,23H,19-20H2,1-5H3,(H,30,34)/t23-/m1/s1. The van der Waals surface area contributed by atoms with Crippen LogP contribution in [0.3, 0.4) is 0 Å². The molecule has 196 valence electrons. The first kappa shape index (κ1) is 27.9. The summed E-state index contributed by atoms with van der Waals surface area (Å²) >= 11 is 0. The number of nitrogens with zero attached hydrogens (tertiary/aromatic N) is 2. The van der Waals surface area contributed by atoms with E-state index in [2.05, 4.69) is 19.2 Å². The van der Waals surface area contributed by atoms with Gasteiger partial charge in [0.15, 0.2) is 0 Å². The van der Waals surface area contributed by atoms with Crippen LogP contribution >= 0.6 is 0 Å². The van der Waals surface area contributed by atoms with Gasteiger partial charge in [-0.25, -0.2) is 8.42 Å². The highest BCUT2D eigenvalue weighted by Crippen LogP contribution is 2.27. The third kappa shape index (κ3) is 6.77. The van der Waals surface area contributed by atoms with Crippen LogP contribution in [0, 0.1) is 6.92 Å². The molecule has 8 heteroatoms. The van der Waals surface area contributed by atoms with E-state index in [-0.39, 0.29) is 23.3 Å². The molecule has 3 aromatic carbocycles. The second-order valence-corrected chi connectivity index (χ2v) is 11.2. The molecule has 0 aliphatic heterocycles. The van der Waals surface area contributed by atoms with Gasteiger partial charge in [-0.3, -0.25) is 13.9 Å². The van der Waals surface area contributed by atoms with Crippen LogP contribution in [0.15, 0.2) is 83.8 Å². The minimum Gasteiger partial charge on any atom is -0.357 e. The Balaban J connectivity index is 2.03. The number of likely N-dealkylation sites (N-methyl/N-ethyl adjacent to an activating group) is 1. The third-order valence-electron chi connectivity index (χ3n) is 6.35. The molecular weight excluding hydrogens is 486 g/mol. The summed E-state index contributed by atoms with van der Waals surface area (Å²) in [4.78, 5) is 27.8. The minimum absolute atomic E-state index is 0.0906. The maximum absolute atomic E-state index is 13.8. The van der Waals surface area contributed by atoms with Crippen molar-refractivity contribution in [3.63, 3.8) is 0 Å². The van der Waals surface area contributed by atoms with Gasteiger partial charge in [-0.1, -0.05) is 74.0 Å². The van der Waals surface area contributed by atoms with Gasteiger partial charge in [0.25, 0.3) is 10.0 Å². The summed E-state index contributed by atoms with van der Waals surface area (Å²) in [5.74, 6) is -0.547. The lowest BCUT2D eigenvalue weighted by atomic mass is 10.0. The first-order valence-corrected chi connectivity index (χ1v) is 13.7. The smallest absolute Gasteiger partial charge is 0.264 e. The molecule has 0 saturated carbocycles. The van der Waals surface area contributed by atoms with Crippen LogP contribution in [-0.4, -0.2) is 44.8 Å². The van der Waals surface area contributed by atoms with E-state index in [1.54, 1.807) is 43.3 Å². The molecule has 1 atom stereocenters. The Labute approximate surface area is 220 Å². The molecule has 0 aliphatic rings. The molecule has 0 aliphatic carbocycles. The molecule has 0 bridgehead atoms. The Morgan fingerprint density at radius 1 is 0.865 bits per heavy atom. The number of sulfonamides is 1. The second kappa shape index (κ2) is 12.1. The van der Waals surface area contributed by atoms with Crippen LogP contribution in [0.25, 0.3) is 0 Å². The van der Waals surface area contributed by atoms with Crippen molar-refractivity contribution < 1.29 is 18.0 Å². The Kier molecular flexibility index (Phi) is 9.10. The van der Waals surface area contributed by atoms with Gasteiger partial charge >= 0.3 is 0 Å². The molecule has 2 amide bonds.